The minimum atomic E-state index is -3.95. The fourth-order valence-corrected chi connectivity index (χ4v) is 3.45. The summed E-state index contributed by atoms with van der Waals surface area (Å²) in [5, 5.41) is 10.9. The van der Waals surface area contributed by atoms with Crippen LogP contribution in [-0.4, -0.2) is 19.4 Å². The molecule has 1 N–H and O–H groups in total. The summed E-state index contributed by atoms with van der Waals surface area (Å²) in [7, 11) is -3.95. The Morgan fingerprint density at radius 2 is 2.21 bits per heavy atom. The molecule has 8 heteroatoms. The van der Waals surface area contributed by atoms with Crippen molar-refractivity contribution in [3.05, 3.63) is 45.4 Å². The van der Waals surface area contributed by atoms with Crippen LogP contribution in [0.3, 0.4) is 0 Å². The highest BCUT2D eigenvalue weighted by atomic mass is 79.9. The van der Waals surface area contributed by atoms with E-state index in [-0.39, 0.29) is 10.9 Å². The quantitative estimate of drug-likeness (QED) is 0.486. The molecular weight excluding hydrogens is 336 g/mol. The van der Waals surface area contributed by atoms with Crippen LogP contribution in [0.15, 0.2) is 40.2 Å². The van der Waals surface area contributed by atoms with Crippen LogP contribution < -0.4 is 4.72 Å². The van der Waals surface area contributed by atoms with Crippen molar-refractivity contribution in [1.29, 1.82) is 0 Å². The Labute approximate surface area is 119 Å². The van der Waals surface area contributed by atoms with Gasteiger partial charge in [-0.05, 0) is 25.5 Å². The minimum Gasteiger partial charge on any atom is -0.258 e. The lowest BCUT2D eigenvalue weighted by Crippen LogP contribution is -2.32. The van der Waals surface area contributed by atoms with Crippen molar-refractivity contribution < 1.29 is 13.3 Å². The van der Waals surface area contributed by atoms with Crippen molar-refractivity contribution in [3.63, 3.8) is 0 Å². The number of hydrogen-bond acceptors (Lipinski definition) is 4. The highest BCUT2D eigenvalue weighted by Gasteiger charge is 2.26. The first-order valence-electron chi connectivity index (χ1n) is 5.35. The molecule has 104 valence electrons. The van der Waals surface area contributed by atoms with Crippen LogP contribution in [0.25, 0.3) is 0 Å². The number of halogens is 1. The molecule has 1 aromatic rings. The van der Waals surface area contributed by atoms with E-state index in [4.69, 9.17) is 0 Å². The third-order valence-corrected chi connectivity index (χ3v) is 4.40. The summed E-state index contributed by atoms with van der Waals surface area (Å²) in [6.45, 7) is 5.17. The second kappa shape index (κ2) is 6.27. The Balaban J connectivity index is 3.23. The van der Waals surface area contributed by atoms with E-state index in [2.05, 4.69) is 27.2 Å². The van der Waals surface area contributed by atoms with Crippen LogP contribution in [0.4, 0.5) is 5.69 Å². The van der Waals surface area contributed by atoms with Crippen molar-refractivity contribution >= 4 is 31.6 Å². The van der Waals surface area contributed by atoms with Crippen molar-refractivity contribution in [2.45, 2.75) is 24.3 Å². The average Bonchev–Trinajstić information content (AvgIpc) is 2.27. The molecule has 0 aliphatic rings. The lowest BCUT2D eigenvalue weighted by molar-refractivity contribution is -0.387. The number of nitrogens with one attached hydrogen (secondary N) is 1. The number of nitro groups is 1. The Hall–Kier alpha value is -1.25. The van der Waals surface area contributed by atoms with Crippen molar-refractivity contribution in [3.8, 4) is 0 Å². The van der Waals surface area contributed by atoms with E-state index in [1.54, 1.807) is 13.0 Å². The molecule has 0 saturated heterocycles. The zero-order valence-electron chi connectivity index (χ0n) is 10.2. The first-order valence-corrected chi connectivity index (χ1v) is 7.62. The Kier molecular flexibility index (Phi) is 5.21. The van der Waals surface area contributed by atoms with E-state index in [1.807, 2.05) is 0 Å². The number of sulfonamides is 1. The van der Waals surface area contributed by atoms with Gasteiger partial charge in [-0.1, -0.05) is 22.0 Å². The standard InChI is InChI=1S/C11H13BrN2O4S/c1-3-4-8(2)13-19(17,18)11-7-9(12)5-6-10(11)14(15)16/h3,5-8,13H,1,4H2,2H3. The van der Waals surface area contributed by atoms with Crippen LogP contribution in [0.1, 0.15) is 13.3 Å². The Morgan fingerprint density at radius 3 is 2.74 bits per heavy atom. The smallest absolute Gasteiger partial charge is 0.258 e. The van der Waals surface area contributed by atoms with E-state index in [1.165, 1.54) is 12.1 Å². The maximum Gasteiger partial charge on any atom is 0.289 e. The zero-order chi connectivity index (χ0) is 14.6. The van der Waals surface area contributed by atoms with Crippen LogP contribution in [0.2, 0.25) is 0 Å². The molecular formula is C11H13BrN2O4S. The molecule has 1 unspecified atom stereocenters. The molecule has 0 aliphatic heterocycles. The first-order chi connectivity index (χ1) is 8.77. The Morgan fingerprint density at radius 1 is 1.58 bits per heavy atom. The molecule has 0 fully saturated rings. The van der Waals surface area contributed by atoms with E-state index >= 15 is 0 Å². The van der Waals surface area contributed by atoms with Crippen molar-refractivity contribution in [2.75, 3.05) is 0 Å². The van der Waals surface area contributed by atoms with Crippen LogP contribution in [0.5, 0.6) is 0 Å². The normalized spacial score (nSPS) is 12.9. The maximum atomic E-state index is 12.1. The molecule has 0 bridgehead atoms. The molecule has 0 heterocycles. The predicted octanol–water partition coefficient (Wildman–Crippen LogP) is 2.60. The van der Waals surface area contributed by atoms with E-state index in [0.29, 0.717) is 10.9 Å². The van der Waals surface area contributed by atoms with Crippen LogP contribution in [0, 0.1) is 10.1 Å². The van der Waals surface area contributed by atoms with Gasteiger partial charge >= 0.3 is 0 Å². The summed E-state index contributed by atoms with van der Waals surface area (Å²) in [5.74, 6) is 0. The van der Waals surface area contributed by atoms with Gasteiger partial charge in [-0.25, -0.2) is 13.1 Å². The van der Waals surface area contributed by atoms with Gasteiger partial charge in [0.25, 0.3) is 5.69 Å². The van der Waals surface area contributed by atoms with E-state index in [9.17, 15) is 18.5 Å². The minimum absolute atomic E-state index is 0.359. The number of benzene rings is 1. The second-order valence-electron chi connectivity index (χ2n) is 3.92. The lowest BCUT2D eigenvalue weighted by Gasteiger charge is -2.12. The lowest BCUT2D eigenvalue weighted by atomic mass is 10.3. The monoisotopic (exact) mass is 348 g/mol. The summed E-state index contributed by atoms with van der Waals surface area (Å²) in [6.07, 6.45) is 2.00. The molecule has 1 rings (SSSR count). The molecule has 6 nitrogen and oxygen atoms in total. The Bertz CT molecular complexity index is 601. The summed E-state index contributed by atoms with van der Waals surface area (Å²) < 4.78 is 27.1. The first kappa shape index (κ1) is 15.8. The number of rotatable bonds is 6. The molecule has 1 atom stereocenters. The van der Waals surface area contributed by atoms with E-state index < -0.39 is 20.6 Å². The molecule has 1 aromatic carbocycles. The van der Waals surface area contributed by atoms with Gasteiger partial charge in [0.2, 0.25) is 10.0 Å². The summed E-state index contributed by atoms with van der Waals surface area (Å²) in [6, 6.07) is 3.39. The molecule has 0 amide bonds. The van der Waals surface area contributed by atoms with Gasteiger partial charge in [-0.2, -0.15) is 0 Å². The number of hydrogen-bond donors (Lipinski definition) is 1. The van der Waals surface area contributed by atoms with Gasteiger partial charge in [-0.3, -0.25) is 10.1 Å². The predicted molar refractivity (Wildman–Crippen MR) is 75.4 cm³/mol. The van der Waals surface area contributed by atoms with Gasteiger partial charge in [0.1, 0.15) is 0 Å². The van der Waals surface area contributed by atoms with Crippen LogP contribution in [-0.2, 0) is 10.0 Å². The van der Waals surface area contributed by atoms with Crippen molar-refractivity contribution in [1.82, 2.24) is 4.72 Å². The van der Waals surface area contributed by atoms with Crippen LogP contribution >= 0.6 is 15.9 Å². The third-order valence-electron chi connectivity index (χ3n) is 2.28. The summed E-state index contributed by atoms with van der Waals surface area (Å²) in [5.41, 5.74) is -0.457. The fourth-order valence-electron chi connectivity index (χ4n) is 1.48. The fraction of sp³-hybridized carbons (Fsp3) is 0.273. The van der Waals surface area contributed by atoms with Gasteiger partial charge in [0.15, 0.2) is 4.90 Å². The molecule has 0 aliphatic carbocycles. The number of nitro benzene ring substituents is 1. The highest BCUT2D eigenvalue weighted by Crippen LogP contribution is 2.27. The molecule has 0 aromatic heterocycles. The second-order valence-corrected chi connectivity index (χ2v) is 6.51. The van der Waals surface area contributed by atoms with Gasteiger partial charge in [0, 0.05) is 16.6 Å². The van der Waals surface area contributed by atoms with Gasteiger partial charge in [-0.15, -0.1) is 6.58 Å². The SMILES string of the molecule is C=CCC(C)NS(=O)(=O)c1cc(Br)ccc1[N+](=O)[O-]. The topological polar surface area (TPSA) is 89.3 Å². The van der Waals surface area contributed by atoms with Gasteiger partial charge < -0.3 is 0 Å². The molecule has 19 heavy (non-hydrogen) atoms. The molecule has 0 saturated carbocycles. The molecule has 0 radical (unpaired) electrons. The summed E-state index contributed by atoms with van der Waals surface area (Å²) in [4.78, 5) is 9.79. The van der Waals surface area contributed by atoms with Crippen molar-refractivity contribution in [2.24, 2.45) is 0 Å². The largest absolute Gasteiger partial charge is 0.289 e. The van der Waals surface area contributed by atoms with E-state index in [0.717, 1.165) is 6.07 Å². The average molecular weight is 349 g/mol. The third kappa shape index (κ3) is 4.12. The molecule has 0 spiro atoms. The maximum absolute atomic E-state index is 12.1. The summed E-state index contributed by atoms with van der Waals surface area (Å²) >= 11 is 3.10. The zero-order valence-corrected chi connectivity index (χ0v) is 12.6. The highest BCUT2D eigenvalue weighted by molar-refractivity contribution is 9.10. The number of nitrogens with zero attached hydrogens (tertiary/aromatic N) is 1. The van der Waals surface area contributed by atoms with Gasteiger partial charge in [0.05, 0.1) is 4.92 Å².